The van der Waals surface area contributed by atoms with Crippen molar-refractivity contribution in [3.8, 4) is 17.2 Å². The minimum atomic E-state index is 0.531. The van der Waals surface area contributed by atoms with Gasteiger partial charge in [0.15, 0.2) is 11.5 Å². The van der Waals surface area contributed by atoms with E-state index < -0.39 is 0 Å². The Labute approximate surface area is 184 Å². The minimum absolute atomic E-state index is 0.531. The van der Waals surface area contributed by atoms with Crippen LogP contribution in [0.2, 0.25) is 0 Å². The van der Waals surface area contributed by atoms with Gasteiger partial charge in [0.05, 0.1) is 14.2 Å². The van der Waals surface area contributed by atoms with Gasteiger partial charge in [0, 0.05) is 44.5 Å². The molecule has 0 saturated carbocycles. The van der Waals surface area contributed by atoms with Gasteiger partial charge in [-0.1, -0.05) is 42.5 Å². The van der Waals surface area contributed by atoms with Crippen molar-refractivity contribution in [2.45, 2.75) is 13.2 Å². The standard InChI is InChI=1S/C26H30N2O3/c1-29-24-10-6-9-23(18-24)28-15-13-27(14-16-28)19-22-11-12-25(26(17-22)30-2)31-20-21-7-4-3-5-8-21/h3-12,17-18H,13-16,19-20H2,1-2H3. The summed E-state index contributed by atoms with van der Waals surface area (Å²) in [4.78, 5) is 4.90. The third kappa shape index (κ3) is 5.50. The Hall–Kier alpha value is -3.18. The zero-order valence-electron chi connectivity index (χ0n) is 18.3. The van der Waals surface area contributed by atoms with Crippen LogP contribution in [0.15, 0.2) is 72.8 Å². The summed E-state index contributed by atoms with van der Waals surface area (Å²) >= 11 is 0. The second-order valence-electron chi connectivity index (χ2n) is 7.72. The second kappa shape index (κ2) is 10.2. The maximum atomic E-state index is 5.99. The maximum Gasteiger partial charge on any atom is 0.161 e. The van der Waals surface area contributed by atoms with E-state index >= 15 is 0 Å². The molecule has 0 radical (unpaired) electrons. The van der Waals surface area contributed by atoms with Gasteiger partial charge in [-0.3, -0.25) is 4.90 Å². The van der Waals surface area contributed by atoms with Crippen LogP contribution in [-0.2, 0) is 13.2 Å². The normalized spacial score (nSPS) is 14.3. The van der Waals surface area contributed by atoms with Gasteiger partial charge in [-0.05, 0) is 35.4 Å². The molecule has 3 aromatic carbocycles. The van der Waals surface area contributed by atoms with Crippen LogP contribution in [0.4, 0.5) is 5.69 Å². The molecular formula is C26H30N2O3. The number of hydrogen-bond acceptors (Lipinski definition) is 5. The fourth-order valence-corrected chi connectivity index (χ4v) is 3.89. The molecule has 0 bridgehead atoms. The lowest BCUT2D eigenvalue weighted by molar-refractivity contribution is 0.248. The number of methoxy groups -OCH3 is 2. The molecule has 5 heteroatoms. The molecule has 4 rings (SSSR count). The fraction of sp³-hybridized carbons (Fsp3) is 0.308. The number of benzene rings is 3. The van der Waals surface area contributed by atoms with Crippen LogP contribution in [0.3, 0.4) is 0 Å². The summed E-state index contributed by atoms with van der Waals surface area (Å²) in [5.74, 6) is 2.46. The molecule has 0 aliphatic carbocycles. The summed E-state index contributed by atoms with van der Waals surface area (Å²) < 4.78 is 16.9. The summed E-state index contributed by atoms with van der Waals surface area (Å²) in [6, 6.07) is 24.7. The van der Waals surface area contributed by atoms with Crippen LogP contribution in [0.1, 0.15) is 11.1 Å². The van der Waals surface area contributed by atoms with Gasteiger partial charge in [0.25, 0.3) is 0 Å². The summed E-state index contributed by atoms with van der Waals surface area (Å²) in [7, 11) is 3.41. The van der Waals surface area contributed by atoms with Gasteiger partial charge >= 0.3 is 0 Å². The third-order valence-corrected chi connectivity index (χ3v) is 5.66. The Morgan fingerprint density at radius 2 is 1.52 bits per heavy atom. The number of anilines is 1. The summed E-state index contributed by atoms with van der Waals surface area (Å²) in [5, 5.41) is 0. The highest BCUT2D eigenvalue weighted by molar-refractivity contribution is 5.51. The van der Waals surface area contributed by atoms with E-state index in [1.54, 1.807) is 14.2 Å². The highest BCUT2D eigenvalue weighted by atomic mass is 16.5. The van der Waals surface area contributed by atoms with Crippen molar-refractivity contribution in [1.82, 2.24) is 4.90 Å². The van der Waals surface area contributed by atoms with Gasteiger partial charge in [-0.25, -0.2) is 0 Å². The van der Waals surface area contributed by atoms with Crippen molar-refractivity contribution in [2.24, 2.45) is 0 Å². The van der Waals surface area contributed by atoms with E-state index in [1.165, 1.54) is 11.3 Å². The first-order valence-electron chi connectivity index (χ1n) is 10.7. The van der Waals surface area contributed by atoms with Crippen molar-refractivity contribution in [3.05, 3.63) is 83.9 Å². The molecule has 1 saturated heterocycles. The van der Waals surface area contributed by atoms with Crippen molar-refractivity contribution < 1.29 is 14.2 Å². The lowest BCUT2D eigenvalue weighted by Crippen LogP contribution is -2.45. The number of rotatable bonds is 8. The Balaban J connectivity index is 1.33. The largest absolute Gasteiger partial charge is 0.497 e. The molecule has 0 N–H and O–H groups in total. The van der Waals surface area contributed by atoms with Gasteiger partial charge in [-0.15, -0.1) is 0 Å². The van der Waals surface area contributed by atoms with Gasteiger partial charge in [0.2, 0.25) is 0 Å². The van der Waals surface area contributed by atoms with E-state index in [4.69, 9.17) is 14.2 Å². The molecule has 162 valence electrons. The predicted octanol–water partition coefficient (Wildman–Crippen LogP) is 4.61. The minimum Gasteiger partial charge on any atom is -0.497 e. The maximum absolute atomic E-state index is 5.99. The quantitative estimate of drug-likeness (QED) is 0.534. The molecule has 0 unspecified atom stereocenters. The Bertz CT molecular complexity index is 969. The van der Waals surface area contributed by atoms with Crippen LogP contribution < -0.4 is 19.1 Å². The van der Waals surface area contributed by atoms with E-state index in [-0.39, 0.29) is 0 Å². The molecule has 31 heavy (non-hydrogen) atoms. The van der Waals surface area contributed by atoms with Crippen molar-refractivity contribution >= 4 is 5.69 Å². The van der Waals surface area contributed by atoms with Crippen LogP contribution in [0.5, 0.6) is 17.2 Å². The zero-order valence-corrected chi connectivity index (χ0v) is 18.3. The first kappa shape index (κ1) is 21.1. The third-order valence-electron chi connectivity index (χ3n) is 5.66. The molecule has 1 aliphatic heterocycles. The molecule has 3 aromatic rings. The van der Waals surface area contributed by atoms with Crippen LogP contribution in [0.25, 0.3) is 0 Å². The molecule has 5 nitrogen and oxygen atoms in total. The molecular weight excluding hydrogens is 388 g/mol. The predicted molar refractivity (Wildman–Crippen MR) is 124 cm³/mol. The summed E-state index contributed by atoms with van der Waals surface area (Å²) in [6.07, 6.45) is 0. The lowest BCUT2D eigenvalue weighted by atomic mass is 10.1. The highest BCUT2D eigenvalue weighted by Gasteiger charge is 2.18. The Kier molecular flexibility index (Phi) is 6.95. The van der Waals surface area contributed by atoms with E-state index in [1.807, 2.05) is 36.4 Å². The Morgan fingerprint density at radius 3 is 2.26 bits per heavy atom. The number of nitrogens with zero attached hydrogens (tertiary/aromatic N) is 2. The van der Waals surface area contributed by atoms with Gasteiger partial charge in [-0.2, -0.15) is 0 Å². The molecule has 0 amide bonds. The average Bonchev–Trinajstić information content (AvgIpc) is 2.84. The smallest absolute Gasteiger partial charge is 0.161 e. The highest BCUT2D eigenvalue weighted by Crippen LogP contribution is 2.30. The molecule has 1 aliphatic rings. The SMILES string of the molecule is COc1cccc(N2CCN(Cc3ccc(OCc4ccccc4)c(OC)c3)CC2)c1. The Morgan fingerprint density at radius 1 is 0.710 bits per heavy atom. The first-order chi connectivity index (χ1) is 15.2. The molecule has 1 heterocycles. The first-order valence-corrected chi connectivity index (χ1v) is 10.7. The zero-order chi connectivity index (χ0) is 21.5. The number of hydrogen-bond donors (Lipinski definition) is 0. The summed E-state index contributed by atoms with van der Waals surface area (Å²) in [5.41, 5.74) is 3.60. The summed E-state index contributed by atoms with van der Waals surface area (Å²) in [6.45, 7) is 5.48. The number of piperazine rings is 1. The monoisotopic (exact) mass is 418 g/mol. The molecule has 0 spiro atoms. The molecule has 0 atom stereocenters. The van der Waals surface area contributed by atoms with Crippen molar-refractivity contribution in [1.29, 1.82) is 0 Å². The average molecular weight is 419 g/mol. The lowest BCUT2D eigenvalue weighted by Gasteiger charge is -2.36. The van der Waals surface area contributed by atoms with Crippen LogP contribution >= 0.6 is 0 Å². The van der Waals surface area contributed by atoms with E-state index in [2.05, 4.69) is 46.2 Å². The van der Waals surface area contributed by atoms with E-state index in [0.717, 1.165) is 55.5 Å². The second-order valence-corrected chi connectivity index (χ2v) is 7.72. The number of ether oxygens (including phenoxy) is 3. The molecule has 0 aromatic heterocycles. The van der Waals surface area contributed by atoms with E-state index in [9.17, 15) is 0 Å². The van der Waals surface area contributed by atoms with Crippen LogP contribution in [-0.4, -0.2) is 45.3 Å². The van der Waals surface area contributed by atoms with E-state index in [0.29, 0.717) is 6.61 Å². The van der Waals surface area contributed by atoms with Crippen molar-refractivity contribution in [3.63, 3.8) is 0 Å². The molecule has 1 fully saturated rings. The topological polar surface area (TPSA) is 34.2 Å². The van der Waals surface area contributed by atoms with Crippen molar-refractivity contribution in [2.75, 3.05) is 45.3 Å². The van der Waals surface area contributed by atoms with Gasteiger partial charge in [0.1, 0.15) is 12.4 Å². The van der Waals surface area contributed by atoms with Crippen LogP contribution in [0, 0.1) is 0 Å². The van der Waals surface area contributed by atoms with Gasteiger partial charge < -0.3 is 19.1 Å². The fourth-order valence-electron chi connectivity index (χ4n) is 3.89.